The van der Waals surface area contributed by atoms with Crippen LogP contribution in [0.25, 0.3) is 6.08 Å². The van der Waals surface area contributed by atoms with Crippen molar-refractivity contribution in [3.05, 3.63) is 59.0 Å². The number of hydrogen-bond acceptors (Lipinski definition) is 7. The van der Waals surface area contributed by atoms with Crippen molar-refractivity contribution in [2.75, 3.05) is 44.7 Å². The van der Waals surface area contributed by atoms with Gasteiger partial charge in [0.15, 0.2) is 11.5 Å². The monoisotopic (exact) mass is 453 g/mol. The maximum atomic E-state index is 12.8. The molecule has 8 nitrogen and oxygen atoms in total. The minimum absolute atomic E-state index is 0.117. The van der Waals surface area contributed by atoms with Crippen molar-refractivity contribution in [3.63, 3.8) is 0 Å². The van der Waals surface area contributed by atoms with Crippen LogP contribution in [0.4, 0.5) is 10.5 Å². The second-order valence-corrected chi connectivity index (χ2v) is 8.36. The number of anilines is 1. The average Bonchev–Trinajstić information content (AvgIpc) is 3.08. The van der Waals surface area contributed by atoms with E-state index in [0.29, 0.717) is 31.7 Å². The quantitative estimate of drug-likeness (QED) is 0.696. The molecule has 2 saturated heterocycles. The van der Waals surface area contributed by atoms with Crippen LogP contribution >= 0.6 is 11.8 Å². The second kappa shape index (κ2) is 9.35. The zero-order valence-corrected chi connectivity index (χ0v) is 18.4. The first-order valence-corrected chi connectivity index (χ1v) is 11.0. The summed E-state index contributed by atoms with van der Waals surface area (Å²) in [5.74, 6) is -0.652. The number of methoxy groups -OCH3 is 1. The summed E-state index contributed by atoms with van der Waals surface area (Å²) in [4.78, 5) is 42.9. The zero-order valence-electron chi connectivity index (χ0n) is 17.6. The van der Waals surface area contributed by atoms with Gasteiger partial charge in [-0.05, 0) is 36.0 Å². The Morgan fingerprint density at radius 2 is 1.78 bits per heavy atom. The third-order valence-corrected chi connectivity index (χ3v) is 6.36. The topological polar surface area (TPSA) is 90.4 Å². The van der Waals surface area contributed by atoms with Crippen molar-refractivity contribution < 1.29 is 24.2 Å². The van der Waals surface area contributed by atoms with E-state index in [0.717, 1.165) is 22.3 Å². The summed E-state index contributed by atoms with van der Waals surface area (Å²) < 4.78 is 5.07. The van der Waals surface area contributed by atoms with E-state index < -0.39 is 11.1 Å². The Morgan fingerprint density at radius 1 is 1.06 bits per heavy atom. The highest BCUT2D eigenvalue weighted by molar-refractivity contribution is 8.18. The molecule has 0 spiro atoms. The first-order valence-electron chi connectivity index (χ1n) is 10.2. The molecule has 2 fully saturated rings. The number of carbonyl (C=O) groups excluding carboxylic acids is 3. The Bertz CT molecular complexity index is 1060. The molecular formula is C23H23N3O5S. The van der Waals surface area contributed by atoms with Gasteiger partial charge in [0.1, 0.15) is 6.54 Å². The lowest BCUT2D eigenvalue weighted by molar-refractivity contribution is -0.136. The summed E-state index contributed by atoms with van der Waals surface area (Å²) in [6.07, 6.45) is 1.44. The van der Waals surface area contributed by atoms with Crippen LogP contribution in [0.5, 0.6) is 11.5 Å². The third kappa shape index (κ3) is 4.43. The molecule has 2 aromatic carbocycles. The van der Waals surface area contributed by atoms with E-state index in [1.165, 1.54) is 13.2 Å². The number of imide groups is 1. The van der Waals surface area contributed by atoms with Gasteiger partial charge in [-0.2, -0.15) is 0 Å². The molecule has 2 heterocycles. The van der Waals surface area contributed by atoms with Crippen LogP contribution in [0.1, 0.15) is 5.56 Å². The molecule has 2 aliphatic heterocycles. The van der Waals surface area contributed by atoms with Gasteiger partial charge >= 0.3 is 0 Å². The average molecular weight is 454 g/mol. The Morgan fingerprint density at radius 3 is 2.47 bits per heavy atom. The van der Waals surface area contributed by atoms with Gasteiger partial charge < -0.3 is 19.6 Å². The SMILES string of the molecule is COc1cccc(/C=C2/SC(=O)N(CC(=O)N3CCN(c4ccccc4)CC3)C2=O)c1O. The fourth-order valence-corrected chi connectivity index (χ4v) is 4.52. The number of thioether (sulfide) groups is 1. The number of para-hydroxylation sites is 2. The van der Waals surface area contributed by atoms with Crippen LogP contribution in [0, 0.1) is 0 Å². The molecule has 0 bridgehead atoms. The van der Waals surface area contributed by atoms with E-state index in [1.807, 2.05) is 30.3 Å². The van der Waals surface area contributed by atoms with Crippen molar-refractivity contribution in [1.82, 2.24) is 9.80 Å². The number of piperazine rings is 1. The number of ether oxygens (including phenoxy) is 1. The smallest absolute Gasteiger partial charge is 0.294 e. The predicted molar refractivity (Wildman–Crippen MR) is 123 cm³/mol. The number of phenols is 1. The molecular weight excluding hydrogens is 430 g/mol. The number of nitrogens with zero attached hydrogens (tertiary/aromatic N) is 3. The van der Waals surface area contributed by atoms with Crippen LogP contribution in [-0.2, 0) is 9.59 Å². The largest absolute Gasteiger partial charge is 0.504 e. The Kier molecular flexibility index (Phi) is 6.36. The third-order valence-electron chi connectivity index (χ3n) is 5.46. The van der Waals surface area contributed by atoms with Crippen LogP contribution in [0.15, 0.2) is 53.4 Å². The highest BCUT2D eigenvalue weighted by atomic mass is 32.2. The highest BCUT2D eigenvalue weighted by Crippen LogP contribution is 2.36. The van der Waals surface area contributed by atoms with E-state index in [-0.39, 0.29) is 28.9 Å². The maximum Gasteiger partial charge on any atom is 0.294 e. The van der Waals surface area contributed by atoms with Crippen molar-refractivity contribution >= 4 is 40.6 Å². The molecule has 0 radical (unpaired) electrons. The van der Waals surface area contributed by atoms with Crippen LogP contribution in [0.3, 0.4) is 0 Å². The van der Waals surface area contributed by atoms with Gasteiger partial charge in [0.05, 0.1) is 12.0 Å². The minimum atomic E-state index is -0.543. The van der Waals surface area contributed by atoms with Crippen LogP contribution in [-0.4, -0.2) is 71.8 Å². The molecule has 1 N–H and O–H groups in total. The molecule has 4 rings (SSSR count). The first-order chi connectivity index (χ1) is 15.5. The Balaban J connectivity index is 1.39. The van der Waals surface area contributed by atoms with Crippen LogP contribution in [0.2, 0.25) is 0 Å². The predicted octanol–water partition coefficient (Wildman–Crippen LogP) is 2.79. The number of aromatic hydroxyl groups is 1. The number of benzene rings is 2. The fourth-order valence-electron chi connectivity index (χ4n) is 3.69. The second-order valence-electron chi connectivity index (χ2n) is 7.37. The van der Waals surface area contributed by atoms with Crippen molar-refractivity contribution in [1.29, 1.82) is 0 Å². The first kappa shape index (κ1) is 21.8. The lowest BCUT2D eigenvalue weighted by Crippen LogP contribution is -2.51. The molecule has 3 amide bonds. The lowest BCUT2D eigenvalue weighted by atomic mass is 10.1. The van der Waals surface area contributed by atoms with E-state index in [1.54, 1.807) is 23.1 Å². The summed E-state index contributed by atoms with van der Waals surface area (Å²) >= 11 is 0.753. The molecule has 0 atom stereocenters. The molecule has 2 aromatic rings. The number of carbonyl (C=O) groups is 3. The summed E-state index contributed by atoms with van der Waals surface area (Å²) in [7, 11) is 1.43. The minimum Gasteiger partial charge on any atom is -0.504 e. The van der Waals surface area contributed by atoms with Gasteiger partial charge in [-0.25, -0.2) is 0 Å². The van der Waals surface area contributed by atoms with Gasteiger partial charge in [0.25, 0.3) is 11.1 Å². The molecule has 0 aliphatic carbocycles. The molecule has 166 valence electrons. The van der Waals surface area contributed by atoms with E-state index in [9.17, 15) is 19.5 Å². The number of phenolic OH excluding ortho intramolecular Hbond substituents is 1. The molecule has 9 heteroatoms. The van der Waals surface area contributed by atoms with Crippen molar-refractivity contribution in [2.45, 2.75) is 0 Å². The maximum absolute atomic E-state index is 12.8. The van der Waals surface area contributed by atoms with Gasteiger partial charge in [-0.1, -0.05) is 30.3 Å². The number of hydrogen-bond donors (Lipinski definition) is 1. The number of amides is 3. The molecule has 2 aliphatic rings. The lowest BCUT2D eigenvalue weighted by Gasteiger charge is -2.36. The summed E-state index contributed by atoms with van der Waals surface area (Å²) in [5, 5.41) is 9.73. The highest BCUT2D eigenvalue weighted by Gasteiger charge is 2.37. The van der Waals surface area contributed by atoms with E-state index >= 15 is 0 Å². The van der Waals surface area contributed by atoms with Crippen LogP contribution < -0.4 is 9.64 Å². The summed E-state index contributed by atoms with van der Waals surface area (Å²) in [5.41, 5.74) is 1.47. The molecule has 0 aromatic heterocycles. The fraction of sp³-hybridized carbons (Fsp3) is 0.261. The van der Waals surface area contributed by atoms with Gasteiger partial charge in [-0.3, -0.25) is 19.3 Å². The molecule has 32 heavy (non-hydrogen) atoms. The van der Waals surface area contributed by atoms with Gasteiger partial charge in [0.2, 0.25) is 5.91 Å². The van der Waals surface area contributed by atoms with Gasteiger partial charge in [-0.15, -0.1) is 0 Å². The summed E-state index contributed by atoms with van der Waals surface area (Å²) in [6.45, 7) is 2.13. The Hall–Kier alpha value is -3.46. The summed E-state index contributed by atoms with van der Waals surface area (Å²) in [6, 6.07) is 14.9. The zero-order chi connectivity index (χ0) is 22.7. The molecule has 0 saturated carbocycles. The standard InChI is InChI=1S/C23H23N3O5S/c1-31-18-9-5-6-16(21(18)28)14-19-22(29)26(23(30)32-19)15-20(27)25-12-10-24(11-13-25)17-7-3-2-4-8-17/h2-9,14,28H,10-13,15H2,1H3/b19-14+. The Labute approximate surface area is 190 Å². The normalized spacial score (nSPS) is 17.9. The van der Waals surface area contributed by atoms with Crippen molar-refractivity contribution in [2.24, 2.45) is 0 Å². The van der Waals surface area contributed by atoms with E-state index in [2.05, 4.69) is 4.90 Å². The molecule has 0 unspecified atom stereocenters. The van der Waals surface area contributed by atoms with E-state index in [4.69, 9.17) is 4.74 Å². The van der Waals surface area contributed by atoms with Crippen molar-refractivity contribution in [3.8, 4) is 11.5 Å². The number of rotatable bonds is 5. The van der Waals surface area contributed by atoms with Gasteiger partial charge in [0, 0.05) is 37.4 Å².